The number of carbonyl (C=O) groups is 2. The fraction of sp³-hybridized carbons (Fsp3) is 0.105. The van der Waals surface area contributed by atoms with Crippen molar-refractivity contribution in [3.8, 4) is 11.5 Å². The number of aromatic hydroxyl groups is 1. The van der Waals surface area contributed by atoms with Crippen molar-refractivity contribution in [2.75, 3.05) is 6.61 Å². The highest BCUT2D eigenvalue weighted by atomic mass is 35.5. The van der Waals surface area contributed by atoms with Crippen LogP contribution in [0.1, 0.15) is 15.9 Å². The Hall–Kier alpha value is -3.52. The van der Waals surface area contributed by atoms with Gasteiger partial charge in [-0.1, -0.05) is 11.6 Å². The predicted octanol–water partition coefficient (Wildman–Crippen LogP) is 2.30. The molecule has 0 aliphatic heterocycles. The number of carbonyl (C=O) groups excluding carboxylic acids is 2. The van der Waals surface area contributed by atoms with E-state index in [0.717, 1.165) is 10.9 Å². The summed E-state index contributed by atoms with van der Waals surface area (Å²) in [6.45, 7) is 1.41. The number of fused-ring (bicyclic) bond motifs is 1. The standard InChI is InChI=1S/C19H15ClN2O6/c1-10-6-18(25)28-16-8-12(3-4-13(10)16)27-9-17(24)21-22-19(26)11-2-5-15(23)14(20)7-11/h2-8,23H,9H2,1H3,(H,21,24)(H,22,26). The van der Waals surface area contributed by atoms with Gasteiger partial charge in [0.15, 0.2) is 6.61 Å². The van der Waals surface area contributed by atoms with E-state index in [9.17, 15) is 19.5 Å². The number of ether oxygens (including phenoxy) is 1. The van der Waals surface area contributed by atoms with Gasteiger partial charge in [-0.05, 0) is 42.8 Å². The molecule has 28 heavy (non-hydrogen) atoms. The number of benzene rings is 2. The molecule has 0 unspecified atom stereocenters. The van der Waals surface area contributed by atoms with Crippen molar-refractivity contribution < 1.29 is 23.8 Å². The van der Waals surface area contributed by atoms with Crippen molar-refractivity contribution in [3.05, 3.63) is 69.0 Å². The second kappa shape index (κ2) is 8.01. The normalized spacial score (nSPS) is 10.5. The van der Waals surface area contributed by atoms with E-state index in [4.69, 9.17) is 20.8 Å². The second-order valence-electron chi connectivity index (χ2n) is 5.86. The largest absolute Gasteiger partial charge is 0.506 e. The van der Waals surface area contributed by atoms with Crippen LogP contribution in [0.15, 0.2) is 51.7 Å². The maximum atomic E-state index is 11.9. The smallest absolute Gasteiger partial charge is 0.336 e. The molecule has 0 saturated heterocycles. The number of phenolic OH excluding ortho intramolecular Hbond substituents is 1. The fourth-order valence-corrected chi connectivity index (χ4v) is 2.61. The van der Waals surface area contributed by atoms with Crippen LogP contribution in [-0.4, -0.2) is 23.5 Å². The number of nitrogens with one attached hydrogen (secondary N) is 2. The van der Waals surface area contributed by atoms with Gasteiger partial charge in [0, 0.05) is 23.1 Å². The molecule has 0 bridgehead atoms. The number of phenols is 1. The molecule has 9 heteroatoms. The number of aryl methyl sites for hydroxylation is 1. The lowest BCUT2D eigenvalue weighted by Gasteiger charge is -2.10. The lowest BCUT2D eigenvalue weighted by molar-refractivity contribution is -0.123. The summed E-state index contributed by atoms with van der Waals surface area (Å²) in [5.41, 5.74) is 5.21. The molecule has 144 valence electrons. The average Bonchev–Trinajstić information content (AvgIpc) is 2.66. The summed E-state index contributed by atoms with van der Waals surface area (Å²) in [5, 5.41) is 10.1. The molecule has 3 aromatic rings. The zero-order valence-corrected chi connectivity index (χ0v) is 15.4. The molecular weight excluding hydrogens is 388 g/mol. The minimum Gasteiger partial charge on any atom is -0.506 e. The highest BCUT2D eigenvalue weighted by Crippen LogP contribution is 2.23. The third kappa shape index (κ3) is 4.41. The molecule has 0 radical (unpaired) electrons. The lowest BCUT2D eigenvalue weighted by Crippen LogP contribution is -2.43. The van der Waals surface area contributed by atoms with E-state index in [2.05, 4.69) is 10.9 Å². The van der Waals surface area contributed by atoms with Crippen molar-refractivity contribution in [1.82, 2.24) is 10.9 Å². The van der Waals surface area contributed by atoms with Crippen LogP contribution in [0.5, 0.6) is 11.5 Å². The Balaban J connectivity index is 1.56. The number of hydrogen-bond acceptors (Lipinski definition) is 6. The predicted molar refractivity (Wildman–Crippen MR) is 101 cm³/mol. The van der Waals surface area contributed by atoms with E-state index >= 15 is 0 Å². The molecule has 1 heterocycles. The van der Waals surface area contributed by atoms with Gasteiger partial charge >= 0.3 is 5.63 Å². The highest BCUT2D eigenvalue weighted by Gasteiger charge is 2.11. The minimum atomic E-state index is -0.613. The molecular formula is C19H15ClN2O6. The number of halogens is 1. The molecule has 0 saturated carbocycles. The van der Waals surface area contributed by atoms with Crippen molar-refractivity contribution in [3.63, 3.8) is 0 Å². The van der Waals surface area contributed by atoms with Gasteiger partial charge in [0.05, 0.1) is 5.02 Å². The summed E-state index contributed by atoms with van der Waals surface area (Å²) < 4.78 is 10.5. The Kier molecular flexibility index (Phi) is 5.51. The maximum absolute atomic E-state index is 11.9. The maximum Gasteiger partial charge on any atom is 0.336 e. The van der Waals surface area contributed by atoms with Crippen molar-refractivity contribution >= 4 is 34.4 Å². The molecule has 0 atom stereocenters. The Morgan fingerprint density at radius 1 is 1.14 bits per heavy atom. The first-order valence-corrected chi connectivity index (χ1v) is 8.46. The Bertz CT molecular complexity index is 1130. The van der Waals surface area contributed by atoms with Gasteiger partial charge < -0.3 is 14.3 Å². The van der Waals surface area contributed by atoms with Crippen LogP contribution in [0, 0.1) is 6.92 Å². The molecule has 0 spiro atoms. The topological polar surface area (TPSA) is 118 Å². The monoisotopic (exact) mass is 402 g/mol. The number of hydrazine groups is 1. The number of rotatable bonds is 4. The molecule has 0 aliphatic rings. The molecule has 8 nitrogen and oxygen atoms in total. The fourth-order valence-electron chi connectivity index (χ4n) is 2.43. The Labute approximate surface area is 163 Å². The van der Waals surface area contributed by atoms with Crippen LogP contribution in [0.25, 0.3) is 11.0 Å². The molecule has 0 aliphatic carbocycles. The van der Waals surface area contributed by atoms with Gasteiger partial charge in [-0.3, -0.25) is 20.4 Å². The van der Waals surface area contributed by atoms with Crippen LogP contribution < -0.4 is 21.2 Å². The van der Waals surface area contributed by atoms with Gasteiger partial charge in [0.2, 0.25) is 0 Å². The third-order valence-electron chi connectivity index (χ3n) is 3.82. The van der Waals surface area contributed by atoms with Gasteiger partial charge in [-0.2, -0.15) is 0 Å². The van der Waals surface area contributed by atoms with E-state index in [-0.39, 0.29) is 22.9 Å². The summed E-state index contributed by atoms with van der Waals surface area (Å²) in [7, 11) is 0. The van der Waals surface area contributed by atoms with Crippen LogP contribution in [0.2, 0.25) is 5.02 Å². The summed E-state index contributed by atoms with van der Waals surface area (Å²) in [6, 6.07) is 10.1. The van der Waals surface area contributed by atoms with Crippen LogP contribution in [-0.2, 0) is 4.79 Å². The van der Waals surface area contributed by atoms with Crippen molar-refractivity contribution in [2.45, 2.75) is 6.92 Å². The molecule has 0 fully saturated rings. The first kappa shape index (κ1) is 19.2. The quantitative estimate of drug-likeness (QED) is 0.455. The minimum absolute atomic E-state index is 0.0144. The van der Waals surface area contributed by atoms with E-state index in [1.807, 2.05) is 0 Å². The highest BCUT2D eigenvalue weighted by molar-refractivity contribution is 6.32. The van der Waals surface area contributed by atoms with E-state index in [1.165, 1.54) is 30.3 Å². The van der Waals surface area contributed by atoms with Gasteiger partial charge in [-0.25, -0.2) is 4.79 Å². The first-order valence-electron chi connectivity index (χ1n) is 8.08. The summed E-state index contributed by atoms with van der Waals surface area (Å²) >= 11 is 5.73. The number of amides is 2. The molecule has 3 rings (SSSR count). The van der Waals surface area contributed by atoms with E-state index in [0.29, 0.717) is 11.3 Å². The summed E-state index contributed by atoms with van der Waals surface area (Å²) in [5.74, 6) is -1.05. The summed E-state index contributed by atoms with van der Waals surface area (Å²) in [4.78, 5) is 35.3. The van der Waals surface area contributed by atoms with E-state index in [1.54, 1.807) is 19.1 Å². The van der Waals surface area contributed by atoms with Gasteiger partial charge in [0.25, 0.3) is 11.8 Å². The second-order valence-corrected chi connectivity index (χ2v) is 6.27. The molecule has 3 N–H and O–H groups in total. The lowest BCUT2D eigenvalue weighted by atomic mass is 10.1. The van der Waals surface area contributed by atoms with Crippen molar-refractivity contribution in [2.24, 2.45) is 0 Å². The third-order valence-corrected chi connectivity index (χ3v) is 4.12. The molecule has 2 amide bonds. The van der Waals surface area contributed by atoms with E-state index < -0.39 is 17.4 Å². The zero-order chi connectivity index (χ0) is 20.3. The molecule has 2 aromatic carbocycles. The first-order chi connectivity index (χ1) is 13.3. The van der Waals surface area contributed by atoms with Crippen LogP contribution in [0.3, 0.4) is 0 Å². The van der Waals surface area contributed by atoms with Crippen LogP contribution >= 0.6 is 11.6 Å². The van der Waals surface area contributed by atoms with Crippen LogP contribution in [0.4, 0.5) is 0 Å². The van der Waals surface area contributed by atoms with Gasteiger partial charge in [0.1, 0.15) is 17.1 Å². The molecule has 1 aromatic heterocycles. The summed E-state index contributed by atoms with van der Waals surface area (Å²) in [6.07, 6.45) is 0. The van der Waals surface area contributed by atoms with Gasteiger partial charge in [-0.15, -0.1) is 0 Å². The Morgan fingerprint density at radius 2 is 1.93 bits per heavy atom. The SMILES string of the molecule is Cc1cc(=O)oc2cc(OCC(=O)NNC(=O)c3ccc(O)c(Cl)c3)ccc12. The van der Waals surface area contributed by atoms with Crippen molar-refractivity contribution in [1.29, 1.82) is 0 Å². The Morgan fingerprint density at radius 3 is 2.68 bits per heavy atom. The number of hydrogen-bond donors (Lipinski definition) is 3. The average molecular weight is 403 g/mol. The zero-order valence-electron chi connectivity index (χ0n) is 14.6.